The molecule has 0 atom stereocenters. The summed E-state index contributed by atoms with van der Waals surface area (Å²) in [5.74, 6) is 1.19. The summed E-state index contributed by atoms with van der Waals surface area (Å²) in [4.78, 5) is 12.0. The number of rotatable bonds is 5. The molecule has 0 fully saturated rings. The fourth-order valence-corrected chi connectivity index (χ4v) is 1.78. The smallest absolute Gasteiger partial charge is 0.330 e. The van der Waals surface area contributed by atoms with Gasteiger partial charge in [0.05, 0.1) is 6.61 Å². The van der Waals surface area contributed by atoms with Crippen LogP contribution in [0, 0.1) is 6.92 Å². The van der Waals surface area contributed by atoms with Crippen LogP contribution in [0.25, 0.3) is 0 Å². The van der Waals surface area contributed by atoms with E-state index in [1.54, 1.807) is 0 Å². The first-order valence-electron chi connectivity index (χ1n) is 6.92. The molecule has 0 spiro atoms. The summed E-state index contributed by atoms with van der Waals surface area (Å²) in [5.41, 5.74) is 7.82. The molecule has 2 N–H and O–H groups in total. The number of nitrogen functional groups attached to an aromatic ring is 1. The second-order valence-corrected chi connectivity index (χ2v) is 4.97. The van der Waals surface area contributed by atoms with E-state index < -0.39 is 0 Å². The minimum absolute atomic E-state index is 0.0705. The molecule has 0 saturated carbocycles. The zero-order chi connectivity index (χ0) is 15.4. The van der Waals surface area contributed by atoms with E-state index in [1.165, 1.54) is 5.56 Å². The number of benzene rings is 1. The summed E-state index contributed by atoms with van der Waals surface area (Å²) < 4.78 is 11.0. The summed E-state index contributed by atoms with van der Waals surface area (Å²) in [6, 6.07) is 6.38. The standard InChI is InChI=1S/C15H20N4O2/c1-5-20-14-17-13(16)18-15(19-14)21-12-8-11(9(2)3)7-6-10(12)4/h6-9H,5H2,1-4H3,(H2,16,17,18,19). The molecule has 1 aromatic heterocycles. The van der Waals surface area contributed by atoms with Crippen LogP contribution < -0.4 is 15.2 Å². The molecule has 6 heteroatoms. The summed E-state index contributed by atoms with van der Waals surface area (Å²) in [5, 5.41) is 0. The van der Waals surface area contributed by atoms with Gasteiger partial charge in [0.15, 0.2) is 0 Å². The Morgan fingerprint density at radius 1 is 1.14 bits per heavy atom. The van der Waals surface area contributed by atoms with Crippen molar-refractivity contribution in [3.05, 3.63) is 29.3 Å². The maximum atomic E-state index is 5.75. The van der Waals surface area contributed by atoms with Crippen molar-refractivity contribution in [2.75, 3.05) is 12.3 Å². The van der Waals surface area contributed by atoms with Crippen LogP contribution in [0.3, 0.4) is 0 Å². The van der Waals surface area contributed by atoms with Crippen LogP contribution in [0.2, 0.25) is 0 Å². The molecule has 21 heavy (non-hydrogen) atoms. The number of nitrogens with zero attached hydrogens (tertiary/aromatic N) is 3. The molecule has 0 unspecified atom stereocenters. The van der Waals surface area contributed by atoms with Crippen LogP contribution in [0.5, 0.6) is 17.8 Å². The molecule has 1 heterocycles. The van der Waals surface area contributed by atoms with Crippen molar-refractivity contribution < 1.29 is 9.47 Å². The predicted molar refractivity (Wildman–Crippen MR) is 80.8 cm³/mol. The average molecular weight is 288 g/mol. The molecule has 2 aromatic rings. The molecular weight excluding hydrogens is 268 g/mol. The van der Waals surface area contributed by atoms with Crippen LogP contribution in [0.4, 0.5) is 5.95 Å². The van der Waals surface area contributed by atoms with Crippen molar-refractivity contribution in [3.63, 3.8) is 0 Å². The summed E-state index contributed by atoms with van der Waals surface area (Å²) in [6.07, 6.45) is 0. The summed E-state index contributed by atoms with van der Waals surface area (Å²) in [7, 11) is 0. The number of aromatic nitrogens is 3. The molecule has 0 aliphatic carbocycles. The van der Waals surface area contributed by atoms with Gasteiger partial charge in [-0.3, -0.25) is 0 Å². The van der Waals surface area contributed by atoms with Gasteiger partial charge in [0.1, 0.15) is 5.75 Å². The molecule has 1 aromatic carbocycles. The number of ether oxygens (including phenoxy) is 2. The Morgan fingerprint density at radius 2 is 1.86 bits per heavy atom. The van der Waals surface area contributed by atoms with Crippen LogP contribution in [-0.4, -0.2) is 21.6 Å². The third-order valence-electron chi connectivity index (χ3n) is 2.97. The zero-order valence-corrected chi connectivity index (χ0v) is 12.8. The first kappa shape index (κ1) is 15.0. The fourth-order valence-electron chi connectivity index (χ4n) is 1.78. The van der Waals surface area contributed by atoms with E-state index in [0.29, 0.717) is 18.3 Å². The van der Waals surface area contributed by atoms with E-state index in [9.17, 15) is 0 Å². The molecule has 0 saturated heterocycles. The minimum Gasteiger partial charge on any atom is -0.464 e. The molecule has 0 bridgehead atoms. The van der Waals surface area contributed by atoms with Gasteiger partial charge < -0.3 is 15.2 Å². The van der Waals surface area contributed by atoms with Crippen molar-refractivity contribution in [3.8, 4) is 17.8 Å². The van der Waals surface area contributed by atoms with Gasteiger partial charge in [-0.2, -0.15) is 9.97 Å². The van der Waals surface area contributed by atoms with Gasteiger partial charge in [-0.1, -0.05) is 26.0 Å². The van der Waals surface area contributed by atoms with E-state index in [2.05, 4.69) is 34.9 Å². The molecule has 0 aliphatic heterocycles. The summed E-state index contributed by atoms with van der Waals surface area (Å²) in [6.45, 7) is 8.51. The van der Waals surface area contributed by atoms with E-state index in [4.69, 9.17) is 15.2 Å². The lowest BCUT2D eigenvalue weighted by Crippen LogP contribution is -2.05. The predicted octanol–water partition coefficient (Wildman–Crippen LogP) is 3.08. The van der Waals surface area contributed by atoms with Crippen molar-refractivity contribution in [2.45, 2.75) is 33.6 Å². The SMILES string of the molecule is CCOc1nc(N)nc(Oc2cc(C(C)C)ccc2C)n1. The molecule has 0 amide bonds. The van der Waals surface area contributed by atoms with Gasteiger partial charge in [0, 0.05) is 0 Å². The quantitative estimate of drug-likeness (QED) is 0.910. The Labute approximate surface area is 124 Å². The second kappa shape index (κ2) is 6.39. The molecular formula is C15H20N4O2. The largest absolute Gasteiger partial charge is 0.464 e. The molecule has 0 radical (unpaired) electrons. The zero-order valence-electron chi connectivity index (χ0n) is 12.8. The van der Waals surface area contributed by atoms with Gasteiger partial charge in [0.25, 0.3) is 0 Å². The molecule has 2 rings (SSSR count). The maximum Gasteiger partial charge on any atom is 0.330 e. The van der Waals surface area contributed by atoms with Crippen LogP contribution in [-0.2, 0) is 0 Å². The van der Waals surface area contributed by atoms with Crippen LogP contribution >= 0.6 is 0 Å². The number of hydrogen-bond acceptors (Lipinski definition) is 6. The third kappa shape index (κ3) is 3.81. The molecule has 112 valence electrons. The monoisotopic (exact) mass is 288 g/mol. The third-order valence-corrected chi connectivity index (χ3v) is 2.97. The Kier molecular flexibility index (Phi) is 4.57. The topological polar surface area (TPSA) is 83.2 Å². The lowest BCUT2D eigenvalue weighted by Gasteiger charge is -2.12. The molecule has 0 aliphatic rings. The van der Waals surface area contributed by atoms with Crippen LogP contribution in [0.15, 0.2) is 18.2 Å². The highest BCUT2D eigenvalue weighted by molar-refractivity contribution is 5.39. The van der Waals surface area contributed by atoms with Gasteiger partial charge in [-0.15, -0.1) is 4.98 Å². The van der Waals surface area contributed by atoms with Crippen molar-refractivity contribution in [2.24, 2.45) is 0 Å². The first-order chi connectivity index (χ1) is 9.99. The van der Waals surface area contributed by atoms with Gasteiger partial charge >= 0.3 is 12.0 Å². The Morgan fingerprint density at radius 3 is 2.52 bits per heavy atom. The average Bonchev–Trinajstić information content (AvgIpc) is 2.40. The van der Waals surface area contributed by atoms with Gasteiger partial charge in [0.2, 0.25) is 5.95 Å². The second-order valence-electron chi connectivity index (χ2n) is 4.97. The van der Waals surface area contributed by atoms with E-state index in [1.807, 2.05) is 26.0 Å². The highest BCUT2D eigenvalue weighted by Crippen LogP contribution is 2.27. The Hall–Kier alpha value is -2.37. The Bertz CT molecular complexity index is 629. The van der Waals surface area contributed by atoms with E-state index in [0.717, 1.165) is 5.56 Å². The molecule has 6 nitrogen and oxygen atoms in total. The number of anilines is 1. The van der Waals surface area contributed by atoms with Gasteiger partial charge in [-0.05, 0) is 37.0 Å². The maximum absolute atomic E-state index is 5.75. The van der Waals surface area contributed by atoms with Crippen molar-refractivity contribution >= 4 is 5.95 Å². The highest BCUT2D eigenvalue weighted by atomic mass is 16.5. The lowest BCUT2D eigenvalue weighted by atomic mass is 10.0. The van der Waals surface area contributed by atoms with Gasteiger partial charge in [-0.25, -0.2) is 0 Å². The normalized spacial score (nSPS) is 10.7. The van der Waals surface area contributed by atoms with E-state index in [-0.39, 0.29) is 18.0 Å². The van der Waals surface area contributed by atoms with Crippen LogP contribution in [0.1, 0.15) is 37.8 Å². The number of aryl methyl sites for hydroxylation is 1. The lowest BCUT2D eigenvalue weighted by molar-refractivity contribution is 0.304. The van der Waals surface area contributed by atoms with Crippen molar-refractivity contribution in [1.82, 2.24) is 15.0 Å². The van der Waals surface area contributed by atoms with Crippen molar-refractivity contribution in [1.29, 1.82) is 0 Å². The fraction of sp³-hybridized carbons (Fsp3) is 0.400. The number of hydrogen-bond donors (Lipinski definition) is 1. The highest BCUT2D eigenvalue weighted by Gasteiger charge is 2.10. The number of nitrogens with two attached hydrogens (primary N) is 1. The summed E-state index contributed by atoms with van der Waals surface area (Å²) >= 11 is 0. The minimum atomic E-state index is 0.0705. The Balaban J connectivity index is 2.31. The van der Waals surface area contributed by atoms with E-state index >= 15 is 0 Å². The first-order valence-corrected chi connectivity index (χ1v) is 6.92.